The molecule has 0 aromatic heterocycles. The van der Waals surface area contributed by atoms with Crippen molar-refractivity contribution in [1.29, 1.82) is 0 Å². The summed E-state index contributed by atoms with van der Waals surface area (Å²) in [6, 6.07) is 9.51. The lowest BCUT2D eigenvalue weighted by atomic mass is 10.1. The van der Waals surface area contributed by atoms with Crippen molar-refractivity contribution in [3.63, 3.8) is 0 Å². The third-order valence-electron chi connectivity index (χ3n) is 2.46. The van der Waals surface area contributed by atoms with Gasteiger partial charge in [0.05, 0.1) is 0 Å². The van der Waals surface area contributed by atoms with Crippen molar-refractivity contribution < 1.29 is 18.7 Å². The van der Waals surface area contributed by atoms with Crippen molar-refractivity contribution in [2.24, 2.45) is 0 Å². The zero-order chi connectivity index (χ0) is 12.9. The van der Waals surface area contributed by atoms with E-state index < -0.39 is 13.4 Å². The van der Waals surface area contributed by atoms with Gasteiger partial charge in [0.25, 0.3) is 0 Å². The Hall–Kier alpha value is -0.930. The summed E-state index contributed by atoms with van der Waals surface area (Å²) < 4.78 is 21.3. The molecule has 0 heterocycles. The van der Waals surface area contributed by atoms with Crippen molar-refractivity contribution in [2.45, 2.75) is 12.8 Å². The van der Waals surface area contributed by atoms with Gasteiger partial charge in [-0.25, -0.2) is 0 Å². The molecule has 0 radical (unpaired) electrons. The summed E-state index contributed by atoms with van der Waals surface area (Å²) >= 11 is 0. The molecule has 1 aromatic rings. The van der Waals surface area contributed by atoms with Gasteiger partial charge in [-0.1, -0.05) is 30.3 Å². The highest BCUT2D eigenvalue weighted by molar-refractivity contribution is 7.54. The first-order valence-corrected chi connectivity index (χ1v) is 6.78. The summed E-state index contributed by atoms with van der Waals surface area (Å²) in [5.41, 5.74) is 1.76. The maximum absolute atomic E-state index is 11.9. The van der Waals surface area contributed by atoms with Crippen LogP contribution in [0.5, 0.6) is 0 Å². The topological polar surface area (TPSA) is 55.8 Å². The monoisotopic (exact) mass is 256 g/mol. The van der Waals surface area contributed by atoms with Crippen molar-refractivity contribution in [1.82, 2.24) is 0 Å². The zero-order valence-corrected chi connectivity index (χ0v) is 11.1. The largest absolute Gasteiger partial charge is 0.377 e. The summed E-state index contributed by atoms with van der Waals surface area (Å²) in [7, 11) is -0.969. The number of rotatable bonds is 5. The van der Waals surface area contributed by atoms with Crippen LogP contribution in [-0.2, 0) is 13.6 Å². The second kappa shape index (κ2) is 6.12. The van der Waals surface area contributed by atoms with Gasteiger partial charge in [0.15, 0.2) is 5.85 Å². The molecule has 94 valence electrons. The van der Waals surface area contributed by atoms with E-state index in [-0.39, 0.29) is 0 Å². The van der Waals surface area contributed by atoms with Gasteiger partial charge >= 0.3 is 7.60 Å². The summed E-state index contributed by atoms with van der Waals surface area (Å²) in [6.07, 6.45) is 1.48. The molecule has 1 N–H and O–H groups in total. The molecular weight excluding hydrogens is 239 g/mol. The van der Waals surface area contributed by atoms with Crippen LogP contribution in [0.4, 0.5) is 0 Å². The van der Waals surface area contributed by atoms with Crippen molar-refractivity contribution in [2.75, 3.05) is 14.2 Å². The van der Waals surface area contributed by atoms with Crippen LogP contribution in [0.3, 0.4) is 0 Å². The summed E-state index contributed by atoms with van der Waals surface area (Å²) in [6.45, 7) is 1.83. The Morgan fingerprint density at radius 2 is 1.82 bits per heavy atom. The van der Waals surface area contributed by atoms with Gasteiger partial charge in [-0.15, -0.1) is 0 Å². The molecule has 1 unspecified atom stereocenters. The maximum atomic E-state index is 11.9. The van der Waals surface area contributed by atoms with Crippen LogP contribution in [0.1, 0.15) is 12.5 Å². The zero-order valence-electron chi connectivity index (χ0n) is 10.2. The standard InChI is InChI=1S/C12H17O4P/c1-10(11-7-5-4-6-8-11)9-12(13)17(14,15-2)16-3/h4-9,12-13H,1-3H3. The van der Waals surface area contributed by atoms with Crippen LogP contribution in [0.15, 0.2) is 36.4 Å². The minimum atomic E-state index is -3.47. The van der Waals surface area contributed by atoms with Gasteiger partial charge in [0.2, 0.25) is 0 Å². The van der Waals surface area contributed by atoms with Crippen molar-refractivity contribution >= 4 is 13.2 Å². The highest BCUT2D eigenvalue weighted by Gasteiger charge is 2.30. The molecule has 0 bridgehead atoms. The molecule has 1 rings (SSSR count). The van der Waals surface area contributed by atoms with E-state index >= 15 is 0 Å². The molecule has 0 saturated carbocycles. The molecule has 0 aliphatic heterocycles. The quantitative estimate of drug-likeness (QED) is 0.823. The summed E-state index contributed by atoms with van der Waals surface area (Å²) in [5.74, 6) is -1.27. The minimum absolute atomic E-state index is 0.812. The van der Waals surface area contributed by atoms with Gasteiger partial charge in [-0.3, -0.25) is 4.57 Å². The molecule has 4 nitrogen and oxygen atoms in total. The third-order valence-corrected chi connectivity index (χ3v) is 4.28. The lowest BCUT2D eigenvalue weighted by molar-refractivity contribution is 0.201. The Morgan fingerprint density at radius 3 is 2.29 bits per heavy atom. The number of aliphatic hydroxyl groups excluding tert-OH is 1. The van der Waals surface area contributed by atoms with Gasteiger partial charge in [-0.05, 0) is 24.1 Å². The Labute approximate surface area is 101 Å². The van der Waals surface area contributed by atoms with E-state index in [9.17, 15) is 9.67 Å². The predicted molar refractivity (Wildman–Crippen MR) is 67.7 cm³/mol. The van der Waals surface area contributed by atoms with Crippen LogP contribution >= 0.6 is 7.60 Å². The minimum Gasteiger partial charge on any atom is -0.377 e. The molecule has 0 spiro atoms. The van der Waals surface area contributed by atoms with E-state index in [2.05, 4.69) is 0 Å². The fraction of sp³-hybridized carbons (Fsp3) is 0.333. The van der Waals surface area contributed by atoms with Crippen LogP contribution < -0.4 is 0 Å². The lowest BCUT2D eigenvalue weighted by Gasteiger charge is -2.17. The number of hydrogen-bond donors (Lipinski definition) is 1. The Morgan fingerprint density at radius 1 is 1.29 bits per heavy atom. The lowest BCUT2D eigenvalue weighted by Crippen LogP contribution is -2.07. The van der Waals surface area contributed by atoms with Crippen LogP contribution in [-0.4, -0.2) is 25.2 Å². The van der Waals surface area contributed by atoms with Crippen molar-refractivity contribution in [3.8, 4) is 0 Å². The molecular formula is C12H17O4P. The Balaban J connectivity index is 2.93. The molecule has 0 saturated heterocycles. The van der Waals surface area contributed by atoms with Crippen LogP contribution in [0, 0.1) is 0 Å². The van der Waals surface area contributed by atoms with E-state index in [1.54, 1.807) is 0 Å². The SMILES string of the molecule is COP(=O)(OC)C(O)C=C(C)c1ccccc1. The van der Waals surface area contributed by atoms with Gasteiger partial charge < -0.3 is 14.2 Å². The molecule has 0 aliphatic rings. The molecule has 0 aliphatic carbocycles. The van der Waals surface area contributed by atoms with Gasteiger partial charge in [-0.2, -0.15) is 0 Å². The Kier molecular flexibility index (Phi) is 5.09. The fourth-order valence-corrected chi connectivity index (χ4v) is 2.39. The number of hydrogen-bond acceptors (Lipinski definition) is 4. The van der Waals surface area contributed by atoms with E-state index in [0.717, 1.165) is 11.1 Å². The normalized spacial score (nSPS) is 14.7. The van der Waals surface area contributed by atoms with Crippen LogP contribution in [0.2, 0.25) is 0 Å². The van der Waals surface area contributed by atoms with E-state index in [1.807, 2.05) is 37.3 Å². The number of allylic oxidation sites excluding steroid dienone is 1. The van der Waals surface area contributed by atoms with E-state index in [4.69, 9.17) is 9.05 Å². The summed E-state index contributed by atoms with van der Waals surface area (Å²) in [4.78, 5) is 0. The van der Waals surface area contributed by atoms with Crippen molar-refractivity contribution in [3.05, 3.63) is 42.0 Å². The number of benzene rings is 1. The molecule has 1 atom stereocenters. The first kappa shape index (κ1) is 14.1. The highest BCUT2D eigenvalue weighted by atomic mass is 31.2. The van der Waals surface area contributed by atoms with E-state index in [1.165, 1.54) is 20.3 Å². The predicted octanol–water partition coefficient (Wildman–Crippen LogP) is 2.89. The smallest absolute Gasteiger partial charge is 0.362 e. The highest BCUT2D eigenvalue weighted by Crippen LogP contribution is 2.51. The maximum Gasteiger partial charge on any atom is 0.362 e. The van der Waals surface area contributed by atoms with Gasteiger partial charge in [0.1, 0.15) is 0 Å². The first-order chi connectivity index (χ1) is 8.03. The molecule has 0 fully saturated rings. The third kappa shape index (κ3) is 3.51. The van der Waals surface area contributed by atoms with Crippen LogP contribution in [0.25, 0.3) is 5.57 Å². The average molecular weight is 256 g/mol. The Bertz CT molecular complexity index is 419. The van der Waals surface area contributed by atoms with E-state index in [0.29, 0.717) is 0 Å². The molecule has 17 heavy (non-hydrogen) atoms. The first-order valence-electron chi connectivity index (χ1n) is 5.16. The number of aliphatic hydroxyl groups is 1. The summed E-state index contributed by atoms with van der Waals surface area (Å²) in [5, 5.41) is 9.81. The molecule has 1 aromatic carbocycles. The second-order valence-electron chi connectivity index (χ2n) is 3.53. The molecule has 0 amide bonds. The second-order valence-corrected chi connectivity index (χ2v) is 5.87. The van der Waals surface area contributed by atoms with Gasteiger partial charge in [0, 0.05) is 14.2 Å². The molecule has 5 heteroatoms. The fourth-order valence-electron chi connectivity index (χ4n) is 1.40. The average Bonchev–Trinajstić information content (AvgIpc) is 2.38.